The SMILES string of the molecule is CCC(C)(C)c1ccc(OCCOc2cc(CN)ccc2OC)cc1. The van der Waals surface area contributed by atoms with Crippen LogP contribution in [-0.2, 0) is 12.0 Å². The van der Waals surface area contributed by atoms with Gasteiger partial charge in [0.1, 0.15) is 19.0 Å². The Labute approximate surface area is 150 Å². The zero-order valence-corrected chi connectivity index (χ0v) is 15.7. The second-order valence-corrected chi connectivity index (χ2v) is 6.65. The molecule has 0 aliphatic rings. The lowest BCUT2D eigenvalue weighted by atomic mass is 9.82. The summed E-state index contributed by atoms with van der Waals surface area (Å²) in [7, 11) is 1.63. The van der Waals surface area contributed by atoms with Crippen LogP contribution in [0, 0.1) is 0 Å². The Morgan fingerprint density at radius 3 is 2.20 bits per heavy atom. The highest BCUT2D eigenvalue weighted by atomic mass is 16.5. The Morgan fingerprint density at radius 2 is 1.60 bits per heavy atom. The lowest BCUT2D eigenvalue weighted by Crippen LogP contribution is -2.15. The van der Waals surface area contributed by atoms with Crippen molar-refractivity contribution in [3.8, 4) is 17.2 Å². The molecule has 0 heterocycles. The van der Waals surface area contributed by atoms with Crippen LogP contribution in [0.2, 0.25) is 0 Å². The van der Waals surface area contributed by atoms with E-state index in [0.717, 1.165) is 17.7 Å². The van der Waals surface area contributed by atoms with Crippen LogP contribution in [0.1, 0.15) is 38.3 Å². The molecule has 0 bridgehead atoms. The van der Waals surface area contributed by atoms with E-state index in [-0.39, 0.29) is 5.41 Å². The van der Waals surface area contributed by atoms with Gasteiger partial charge in [-0.25, -0.2) is 0 Å². The van der Waals surface area contributed by atoms with Gasteiger partial charge in [-0.1, -0.05) is 39.0 Å². The summed E-state index contributed by atoms with van der Waals surface area (Å²) in [4.78, 5) is 0. The van der Waals surface area contributed by atoms with Gasteiger partial charge in [0.15, 0.2) is 11.5 Å². The molecule has 0 radical (unpaired) electrons. The molecular weight excluding hydrogens is 314 g/mol. The van der Waals surface area contributed by atoms with Gasteiger partial charge in [-0.2, -0.15) is 0 Å². The molecule has 0 unspecified atom stereocenters. The smallest absolute Gasteiger partial charge is 0.161 e. The lowest BCUT2D eigenvalue weighted by Gasteiger charge is -2.23. The van der Waals surface area contributed by atoms with E-state index in [1.165, 1.54) is 5.56 Å². The summed E-state index contributed by atoms with van der Waals surface area (Å²) >= 11 is 0. The molecule has 2 aromatic carbocycles. The lowest BCUT2D eigenvalue weighted by molar-refractivity contribution is 0.211. The average molecular weight is 343 g/mol. The van der Waals surface area contributed by atoms with Crippen molar-refractivity contribution in [2.45, 2.75) is 39.2 Å². The predicted molar refractivity (Wildman–Crippen MR) is 102 cm³/mol. The Kier molecular flexibility index (Phi) is 6.71. The molecule has 2 rings (SSSR count). The molecule has 25 heavy (non-hydrogen) atoms. The van der Waals surface area contributed by atoms with Crippen molar-refractivity contribution in [1.82, 2.24) is 0 Å². The third-order valence-electron chi connectivity index (χ3n) is 4.59. The van der Waals surface area contributed by atoms with E-state index < -0.39 is 0 Å². The molecule has 2 N–H and O–H groups in total. The van der Waals surface area contributed by atoms with Crippen molar-refractivity contribution in [3.63, 3.8) is 0 Å². The van der Waals surface area contributed by atoms with Gasteiger partial charge in [0.2, 0.25) is 0 Å². The number of ether oxygens (including phenoxy) is 3. The zero-order valence-electron chi connectivity index (χ0n) is 15.7. The van der Waals surface area contributed by atoms with Crippen molar-refractivity contribution >= 4 is 0 Å². The minimum Gasteiger partial charge on any atom is -0.493 e. The number of hydrogen-bond donors (Lipinski definition) is 1. The zero-order chi connectivity index (χ0) is 18.3. The molecule has 0 amide bonds. The molecule has 2 aromatic rings. The molecular formula is C21H29NO3. The maximum Gasteiger partial charge on any atom is 0.161 e. The van der Waals surface area contributed by atoms with Crippen LogP contribution in [0.5, 0.6) is 17.2 Å². The van der Waals surface area contributed by atoms with E-state index in [1.54, 1.807) is 7.11 Å². The van der Waals surface area contributed by atoms with Gasteiger partial charge in [-0.15, -0.1) is 0 Å². The molecule has 4 nitrogen and oxygen atoms in total. The van der Waals surface area contributed by atoms with E-state index in [1.807, 2.05) is 30.3 Å². The summed E-state index contributed by atoms with van der Waals surface area (Å²) in [6.07, 6.45) is 1.10. The van der Waals surface area contributed by atoms with Crippen LogP contribution in [0.3, 0.4) is 0 Å². The van der Waals surface area contributed by atoms with Gasteiger partial charge in [-0.3, -0.25) is 0 Å². The van der Waals surface area contributed by atoms with E-state index in [4.69, 9.17) is 19.9 Å². The van der Waals surface area contributed by atoms with Crippen LogP contribution in [-0.4, -0.2) is 20.3 Å². The predicted octanol–water partition coefficient (Wildman–Crippen LogP) is 4.30. The molecule has 0 aromatic heterocycles. The molecule has 136 valence electrons. The van der Waals surface area contributed by atoms with E-state index >= 15 is 0 Å². The highest BCUT2D eigenvalue weighted by Gasteiger charge is 2.17. The molecule has 4 heteroatoms. The first kappa shape index (κ1) is 19.1. The largest absolute Gasteiger partial charge is 0.493 e. The fourth-order valence-corrected chi connectivity index (χ4v) is 2.48. The van der Waals surface area contributed by atoms with Crippen molar-refractivity contribution < 1.29 is 14.2 Å². The van der Waals surface area contributed by atoms with Crippen LogP contribution in [0.25, 0.3) is 0 Å². The standard InChI is InChI=1S/C21H29NO3/c1-5-21(2,3)17-7-9-18(10-8-17)24-12-13-25-20-14-16(15-22)6-11-19(20)23-4/h6-11,14H,5,12-13,15,22H2,1-4H3. The summed E-state index contributed by atoms with van der Waals surface area (Å²) in [5.74, 6) is 2.24. The summed E-state index contributed by atoms with van der Waals surface area (Å²) in [6.45, 7) is 8.07. The molecule has 0 spiro atoms. The highest BCUT2D eigenvalue weighted by Crippen LogP contribution is 2.29. The quantitative estimate of drug-likeness (QED) is 0.690. The topological polar surface area (TPSA) is 53.7 Å². The van der Waals surface area contributed by atoms with Gasteiger partial charge < -0.3 is 19.9 Å². The number of hydrogen-bond acceptors (Lipinski definition) is 4. The minimum atomic E-state index is 0.187. The van der Waals surface area contributed by atoms with Gasteiger partial charge >= 0.3 is 0 Å². The number of methoxy groups -OCH3 is 1. The average Bonchev–Trinajstić information content (AvgIpc) is 2.65. The second-order valence-electron chi connectivity index (χ2n) is 6.65. The van der Waals surface area contributed by atoms with Crippen molar-refractivity contribution in [2.24, 2.45) is 5.73 Å². The summed E-state index contributed by atoms with van der Waals surface area (Å²) in [5, 5.41) is 0. The first-order chi connectivity index (χ1) is 12.0. The Balaban J connectivity index is 1.87. The molecule has 0 saturated heterocycles. The first-order valence-electron chi connectivity index (χ1n) is 8.73. The number of nitrogens with two attached hydrogens (primary N) is 1. The Bertz CT molecular complexity index is 665. The maximum absolute atomic E-state index is 5.78. The van der Waals surface area contributed by atoms with Gasteiger partial charge in [-0.05, 0) is 47.2 Å². The summed E-state index contributed by atoms with van der Waals surface area (Å²) in [6, 6.07) is 14.0. The van der Waals surface area contributed by atoms with Crippen LogP contribution < -0.4 is 19.9 Å². The van der Waals surface area contributed by atoms with Crippen LogP contribution in [0.4, 0.5) is 0 Å². The summed E-state index contributed by atoms with van der Waals surface area (Å²) < 4.78 is 16.9. The van der Waals surface area contributed by atoms with Crippen LogP contribution in [0.15, 0.2) is 42.5 Å². The van der Waals surface area contributed by atoms with E-state index in [2.05, 4.69) is 32.9 Å². The normalized spacial score (nSPS) is 11.2. The van der Waals surface area contributed by atoms with Crippen molar-refractivity contribution in [1.29, 1.82) is 0 Å². The molecule has 0 atom stereocenters. The fourth-order valence-electron chi connectivity index (χ4n) is 2.48. The van der Waals surface area contributed by atoms with Crippen molar-refractivity contribution in [3.05, 3.63) is 53.6 Å². The maximum atomic E-state index is 5.78. The molecule has 0 fully saturated rings. The van der Waals surface area contributed by atoms with E-state index in [9.17, 15) is 0 Å². The highest BCUT2D eigenvalue weighted by molar-refractivity contribution is 5.43. The third kappa shape index (κ3) is 5.13. The number of rotatable bonds is 9. The van der Waals surface area contributed by atoms with E-state index in [0.29, 0.717) is 31.3 Å². The second kappa shape index (κ2) is 8.77. The number of benzene rings is 2. The Morgan fingerprint density at radius 1 is 0.920 bits per heavy atom. The monoisotopic (exact) mass is 343 g/mol. The summed E-state index contributed by atoms with van der Waals surface area (Å²) in [5.41, 5.74) is 8.19. The third-order valence-corrected chi connectivity index (χ3v) is 4.59. The van der Waals surface area contributed by atoms with Gasteiger partial charge in [0.05, 0.1) is 7.11 Å². The Hall–Kier alpha value is -2.20. The minimum absolute atomic E-state index is 0.187. The first-order valence-corrected chi connectivity index (χ1v) is 8.73. The van der Waals surface area contributed by atoms with Crippen molar-refractivity contribution in [2.75, 3.05) is 20.3 Å². The molecule has 0 aliphatic heterocycles. The fraction of sp³-hybridized carbons (Fsp3) is 0.429. The van der Waals surface area contributed by atoms with Gasteiger partial charge in [0.25, 0.3) is 0 Å². The van der Waals surface area contributed by atoms with Gasteiger partial charge in [0, 0.05) is 6.54 Å². The molecule has 0 saturated carbocycles. The van der Waals surface area contributed by atoms with Crippen LogP contribution >= 0.6 is 0 Å². The molecule has 0 aliphatic carbocycles.